The van der Waals surface area contributed by atoms with Crippen molar-refractivity contribution in [2.75, 3.05) is 23.7 Å². The number of hydrogen-bond donors (Lipinski definition) is 5. The van der Waals surface area contributed by atoms with E-state index < -0.39 is 42.2 Å². The van der Waals surface area contributed by atoms with Gasteiger partial charge in [0.25, 0.3) is 0 Å². The van der Waals surface area contributed by atoms with Crippen LogP contribution in [0.25, 0.3) is 0 Å². The van der Waals surface area contributed by atoms with Crippen molar-refractivity contribution in [3.63, 3.8) is 0 Å². The predicted octanol–water partition coefficient (Wildman–Crippen LogP) is 4.11. The third-order valence-electron chi connectivity index (χ3n) is 6.51. The summed E-state index contributed by atoms with van der Waals surface area (Å²) in [5.74, 6) is -1.79. The molecule has 10 nitrogen and oxygen atoms in total. The van der Waals surface area contributed by atoms with Gasteiger partial charge in [-0.05, 0) is 56.5 Å². The number of benzene rings is 1. The Kier molecular flexibility index (Phi) is 9.50. The van der Waals surface area contributed by atoms with Crippen molar-refractivity contribution in [2.24, 2.45) is 0 Å². The van der Waals surface area contributed by atoms with E-state index in [0.29, 0.717) is 24.9 Å². The SMILES string of the molecule is CC1(F)CC(NC(=O)CCCCC(O)Nc2ccc(F)cc2)=C(F)C=C1Oc1ccnc(NC(=O)N2CC(O)C2)c1. The van der Waals surface area contributed by atoms with Gasteiger partial charge in [-0.15, -0.1) is 0 Å². The Hall–Kier alpha value is -4.10. The molecule has 0 bridgehead atoms. The average Bonchev–Trinajstić information content (AvgIpc) is 2.89. The molecule has 0 spiro atoms. The van der Waals surface area contributed by atoms with Crippen molar-refractivity contribution in [1.29, 1.82) is 0 Å². The van der Waals surface area contributed by atoms with Gasteiger partial charge < -0.3 is 30.5 Å². The number of aromatic nitrogens is 1. The van der Waals surface area contributed by atoms with Crippen LogP contribution in [0.4, 0.5) is 29.5 Å². The quantitative estimate of drug-likeness (QED) is 0.201. The fourth-order valence-corrected chi connectivity index (χ4v) is 4.24. The maximum absolute atomic E-state index is 15.5. The number of hydrogen-bond acceptors (Lipinski definition) is 7. The summed E-state index contributed by atoms with van der Waals surface area (Å²) in [5, 5.41) is 27.2. The van der Waals surface area contributed by atoms with Crippen LogP contribution in [0.5, 0.6) is 5.75 Å². The van der Waals surface area contributed by atoms with Gasteiger partial charge in [0.15, 0.2) is 5.67 Å². The van der Waals surface area contributed by atoms with Crippen LogP contribution in [-0.2, 0) is 4.79 Å². The minimum absolute atomic E-state index is 0.0397. The number of aliphatic hydroxyl groups excluding tert-OH is 2. The maximum Gasteiger partial charge on any atom is 0.323 e. The van der Waals surface area contributed by atoms with Gasteiger partial charge in [0.1, 0.15) is 35.2 Å². The van der Waals surface area contributed by atoms with E-state index in [2.05, 4.69) is 20.9 Å². The van der Waals surface area contributed by atoms with Crippen molar-refractivity contribution in [3.05, 3.63) is 71.8 Å². The number of urea groups is 1. The fraction of sp³-hybridized carbons (Fsp3) is 0.393. The Morgan fingerprint density at radius 2 is 1.90 bits per heavy atom. The summed E-state index contributed by atoms with van der Waals surface area (Å²) >= 11 is 0. The summed E-state index contributed by atoms with van der Waals surface area (Å²) in [7, 11) is 0. The van der Waals surface area contributed by atoms with Gasteiger partial charge in [0.2, 0.25) is 5.91 Å². The highest BCUT2D eigenvalue weighted by Crippen LogP contribution is 2.37. The molecule has 2 unspecified atom stereocenters. The molecule has 1 aliphatic carbocycles. The number of likely N-dealkylation sites (tertiary alicyclic amines) is 1. The molecule has 41 heavy (non-hydrogen) atoms. The number of nitrogens with one attached hydrogen (secondary N) is 3. The number of allylic oxidation sites excluding steroid dienone is 4. The molecule has 1 aromatic carbocycles. The number of anilines is 2. The molecule has 4 rings (SSSR count). The number of ether oxygens (including phenoxy) is 1. The predicted molar refractivity (Wildman–Crippen MR) is 144 cm³/mol. The monoisotopic (exact) mass is 575 g/mol. The van der Waals surface area contributed by atoms with Crippen molar-refractivity contribution >= 4 is 23.4 Å². The van der Waals surface area contributed by atoms with Crippen LogP contribution in [0.3, 0.4) is 0 Å². The summed E-state index contributed by atoms with van der Waals surface area (Å²) in [4.78, 5) is 29.9. The molecular formula is C28H32F3N5O5. The average molecular weight is 576 g/mol. The van der Waals surface area contributed by atoms with Crippen molar-refractivity contribution in [1.82, 2.24) is 15.2 Å². The van der Waals surface area contributed by atoms with Crippen LogP contribution in [0.2, 0.25) is 0 Å². The van der Waals surface area contributed by atoms with Gasteiger partial charge in [0.05, 0.1) is 24.9 Å². The molecule has 2 aliphatic rings. The van der Waals surface area contributed by atoms with E-state index in [1.54, 1.807) is 0 Å². The zero-order valence-electron chi connectivity index (χ0n) is 22.4. The van der Waals surface area contributed by atoms with Crippen molar-refractivity contribution in [3.8, 4) is 5.75 Å². The van der Waals surface area contributed by atoms with E-state index in [9.17, 15) is 28.6 Å². The Morgan fingerprint density at radius 1 is 1.17 bits per heavy atom. The molecule has 220 valence electrons. The number of carbonyl (C=O) groups is 2. The first kappa shape index (κ1) is 29.9. The molecule has 13 heteroatoms. The maximum atomic E-state index is 15.5. The van der Waals surface area contributed by atoms with Crippen LogP contribution in [0.15, 0.2) is 66.0 Å². The summed E-state index contributed by atoms with van der Waals surface area (Å²) in [5.41, 5.74) is -1.79. The molecule has 1 fully saturated rings. The largest absolute Gasteiger partial charge is 0.458 e. The van der Waals surface area contributed by atoms with E-state index in [1.165, 1.54) is 54.4 Å². The first-order chi connectivity index (χ1) is 19.5. The highest BCUT2D eigenvalue weighted by atomic mass is 19.1. The molecule has 1 aliphatic heterocycles. The molecule has 3 amide bonds. The molecule has 2 atom stereocenters. The van der Waals surface area contributed by atoms with Crippen LogP contribution in [-0.4, -0.2) is 63.1 Å². The Labute approximate surface area is 234 Å². The van der Waals surface area contributed by atoms with E-state index in [0.717, 1.165) is 6.08 Å². The Morgan fingerprint density at radius 3 is 2.61 bits per heavy atom. The first-order valence-corrected chi connectivity index (χ1v) is 13.2. The van der Waals surface area contributed by atoms with Crippen LogP contribution >= 0.6 is 0 Å². The molecule has 2 heterocycles. The normalized spacial score (nSPS) is 19.7. The fourth-order valence-electron chi connectivity index (χ4n) is 4.24. The van der Waals surface area contributed by atoms with Crippen LogP contribution < -0.4 is 20.7 Å². The molecule has 2 aromatic rings. The lowest BCUT2D eigenvalue weighted by Gasteiger charge is -2.35. The molecule has 0 saturated carbocycles. The topological polar surface area (TPSA) is 136 Å². The van der Waals surface area contributed by atoms with Crippen molar-refractivity contribution in [2.45, 2.75) is 57.0 Å². The Bertz CT molecular complexity index is 1310. The summed E-state index contributed by atoms with van der Waals surface area (Å²) in [6.07, 6.45) is 1.55. The lowest BCUT2D eigenvalue weighted by molar-refractivity contribution is -0.120. The number of rotatable bonds is 11. The third kappa shape index (κ3) is 8.44. The number of unbranched alkanes of at least 4 members (excludes halogenated alkanes) is 1. The van der Waals surface area contributed by atoms with Crippen molar-refractivity contribution < 1.29 is 37.7 Å². The minimum Gasteiger partial charge on any atom is -0.458 e. The number of pyridine rings is 1. The minimum atomic E-state index is -2.14. The van der Waals surface area contributed by atoms with Gasteiger partial charge in [-0.2, -0.15) is 0 Å². The second kappa shape index (κ2) is 13.0. The molecule has 1 aromatic heterocycles. The lowest BCUT2D eigenvalue weighted by atomic mass is 9.94. The molecule has 5 N–H and O–H groups in total. The van der Waals surface area contributed by atoms with E-state index in [4.69, 9.17) is 4.74 Å². The number of nitrogens with zero attached hydrogens (tertiary/aromatic N) is 2. The third-order valence-corrected chi connectivity index (χ3v) is 6.51. The van der Waals surface area contributed by atoms with Gasteiger partial charge >= 0.3 is 6.03 Å². The zero-order valence-corrected chi connectivity index (χ0v) is 22.4. The lowest BCUT2D eigenvalue weighted by Crippen LogP contribution is -2.54. The van der Waals surface area contributed by atoms with Gasteiger partial charge in [0, 0.05) is 36.9 Å². The standard InChI is InChI=1S/C28H32F3N5O5/c1-28(31)14-22(34-26(39)5-3-2-4-25(38)33-18-8-6-17(29)7-9-18)21(30)13-23(28)41-20-10-11-32-24(12-20)35-27(40)36-15-19(37)16-36/h6-13,19,25,33,37-38H,2-5,14-16H2,1H3,(H,34,39)(H,32,35,40). The molecule has 1 saturated heterocycles. The van der Waals surface area contributed by atoms with Gasteiger partial charge in [-0.25, -0.2) is 22.9 Å². The van der Waals surface area contributed by atoms with E-state index in [-0.39, 0.29) is 48.4 Å². The number of amides is 3. The van der Waals surface area contributed by atoms with E-state index >= 15 is 4.39 Å². The molecule has 0 radical (unpaired) electrons. The number of alkyl halides is 1. The second-order valence-electron chi connectivity index (χ2n) is 10.1. The smallest absolute Gasteiger partial charge is 0.323 e. The summed E-state index contributed by atoms with van der Waals surface area (Å²) in [6.45, 7) is 1.62. The highest BCUT2D eigenvalue weighted by molar-refractivity contribution is 5.89. The number of carbonyl (C=O) groups excluding carboxylic acids is 2. The van der Waals surface area contributed by atoms with E-state index in [1.807, 2.05) is 0 Å². The van der Waals surface area contributed by atoms with Gasteiger partial charge in [-0.3, -0.25) is 10.1 Å². The van der Waals surface area contributed by atoms with Gasteiger partial charge in [-0.1, -0.05) is 0 Å². The van der Waals surface area contributed by atoms with Crippen LogP contribution in [0, 0.1) is 5.82 Å². The first-order valence-electron chi connectivity index (χ1n) is 13.2. The summed E-state index contributed by atoms with van der Waals surface area (Å²) in [6, 6.07) is 7.85. The zero-order chi connectivity index (χ0) is 29.6. The van der Waals surface area contributed by atoms with Crippen LogP contribution in [0.1, 0.15) is 39.0 Å². The second-order valence-corrected chi connectivity index (χ2v) is 10.1. The summed E-state index contributed by atoms with van der Waals surface area (Å²) < 4.78 is 48.9. The molecular weight excluding hydrogens is 543 g/mol. The number of β-amino-alcohol motifs (C(OH)–C–C–N with tert-alkyl or cyclic N) is 1. The highest BCUT2D eigenvalue weighted by Gasteiger charge is 2.38. The number of aliphatic hydroxyl groups is 2. The Balaban J connectivity index is 1.26. The number of halogens is 3.